The van der Waals surface area contributed by atoms with Crippen molar-refractivity contribution in [3.63, 3.8) is 0 Å². The number of carbonyl (C=O) groups is 1. The van der Waals surface area contributed by atoms with E-state index >= 15 is 0 Å². The summed E-state index contributed by atoms with van der Waals surface area (Å²) in [7, 11) is 0. The molecule has 13 heavy (non-hydrogen) atoms. The maximum atomic E-state index is 12.7. The first-order chi connectivity index (χ1) is 5.95. The van der Waals surface area contributed by atoms with E-state index in [1.165, 1.54) is 6.92 Å². The molecular weight excluding hydrogens is 221 g/mol. The lowest BCUT2D eigenvalue weighted by Crippen LogP contribution is -1.98. The highest BCUT2D eigenvalue weighted by Crippen LogP contribution is 2.30. The Morgan fingerprint density at radius 2 is 1.85 bits per heavy atom. The Hall–Kier alpha value is -0.670. The first kappa shape index (κ1) is 10.4. The average Bonchev–Trinajstić information content (AvgIpc) is 2.07. The van der Waals surface area contributed by atoms with Crippen LogP contribution in [0.5, 0.6) is 0 Å². The van der Waals surface area contributed by atoms with Crippen LogP contribution in [0.2, 0.25) is 10.0 Å². The van der Waals surface area contributed by atoms with Crippen LogP contribution in [0.3, 0.4) is 0 Å². The van der Waals surface area contributed by atoms with E-state index in [0.29, 0.717) is 0 Å². The van der Waals surface area contributed by atoms with E-state index in [0.717, 1.165) is 6.07 Å². The van der Waals surface area contributed by atoms with Gasteiger partial charge in [-0.2, -0.15) is 0 Å². The molecule has 0 unspecified atom stereocenters. The SMILES string of the molecule is CC(=O)c1cc(F)c(F)c(Cl)c1Cl. The minimum Gasteiger partial charge on any atom is -0.294 e. The molecule has 0 bridgehead atoms. The number of hydrogen-bond donors (Lipinski definition) is 0. The number of hydrogen-bond acceptors (Lipinski definition) is 1. The zero-order chi connectivity index (χ0) is 10.2. The van der Waals surface area contributed by atoms with E-state index in [4.69, 9.17) is 23.2 Å². The van der Waals surface area contributed by atoms with E-state index in [9.17, 15) is 13.6 Å². The molecule has 0 spiro atoms. The van der Waals surface area contributed by atoms with Crippen LogP contribution in [0.15, 0.2) is 6.07 Å². The zero-order valence-corrected chi connectivity index (χ0v) is 8.01. The van der Waals surface area contributed by atoms with E-state index < -0.39 is 22.4 Å². The van der Waals surface area contributed by atoms with Crippen molar-refractivity contribution in [1.29, 1.82) is 0 Å². The molecule has 0 aromatic heterocycles. The van der Waals surface area contributed by atoms with Gasteiger partial charge >= 0.3 is 0 Å². The molecule has 0 aliphatic rings. The van der Waals surface area contributed by atoms with Crippen molar-refractivity contribution >= 4 is 29.0 Å². The van der Waals surface area contributed by atoms with Crippen LogP contribution in [-0.2, 0) is 0 Å². The molecule has 1 nitrogen and oxygen atoms in total. The summed E-state index contributed by atoms with van der Waals surface area (Å²) in [4.78, 5) is 10.8. The van der Waals surface area contributed by atoms with Gasteiger partial charge in [0.05, 0.1) is 10.0 Å². The van der Waals surface area contributed by atoms with Gasteiger partial charge in [-0.05, 0) is 13.0 Å². The Labute approximate surface area is 83.3 Å². The maximum absolute atomic E-state index is 12.7. The molecule has 1 aromatic carbocycles. The fraction of sp³-hybridized carbons (Fsp3) is 0.125. The molecule has 0 radical (unpaired) electrons. The Bertz CT molecular complexity index is 377. The lowest BCUT2D eigenvalue weighted by Gasteiger charge is -2.03. The molecular formula is C8H4Cl2F2O. The minimum atomic E-state index is -1.24. The summed E-state index contributed by atoms with van der Waals surface area (Å²) >= 11 is 10.8. The number of ketones is 1. The highest BCUT2D eigenvalue weighted by atomic mass is 35.5. The largest absolute Gasteiger partial charge is 0.294 e. The maximum Gasteiger partial charge on any atom is 0.178 e. The lowest BCUT2D eigenvalue weighted by molar-refractivity contribution is 0.101. The van der Waals surface area contributed by atoms with Crippen LogP contribution in [0.1, 0.15) is 17.3 Å². The van der Waals surface area contributed by atoms with Crippen LogP contribution < -0.4 is 0 Å². The standard InChI is InChI=1S/C8H4Cl2F2O/c1-3(13)4-2-5(11)8(12)7(10)6(4)9/h2H,1H3. The number of benzene rings is 1. The molecule has 0 heterocycles. The molecule has 1 rings (SSSR count). The fourth-order valence-electron chi connectivity index (χ4n) is 0.829. The molecule has 0 N–H and O–H groups in total. The van der Waals surface area contributed by atoms with Gasteiger partial charge in [0, 0.05) is 5.56 Å². The zero-order valence-electron chi connectivity index (χ0n) is 6.50. The van der Waals surface area contributed by atoms with E-state index in [1.807, 2.05) is 0 Å². The summed E-state index contributed by atoms with van der Waals surface area (Å²) in [6.45, 7) is 1.19. The average molecular weight is 225 g/mol. The van der Waals surface area contributed by atoms with Crippen molar-refractivity contribution in [2.75, 3.05) is 0 Å². The fourth-order valence-corrected chi connectivity index (χ4v) is 1.29. The van der Waals surface area contributed by atoms with Crippen molar-refractivity contribution in [3.05, 3.63) is 33.3 Å². The number of carbonyl (C=O) groups excluding carboxylic acids is 1. The van der Waals surface area contributed by atoms with Crippen LogP contribution in [0.4, 0.5) is 8.78 Å². The molecule has 0 atom stereocenters. The van der Waals surface area contributed by atoms with Crippen LogP contribution in [-0.4, -0.2) is 5.78 Å². The van der Waals surface area contributed by atoms with Crippen LogP contribution in [0.25, 0.3) is 0 Å². The third-order valence-corrected chi connectivity index (χ3v) is 2.33. The first-order valence-corrected chi connectivity index (χ1v) is 4.04. The lowest BCUT2D eigenvalue weighted by atomic mass is 10.1. The van der Waals surface area contributed by atoms with Crippen LogP contribution >= 0.6 is 23.2 Å². The first-order valence-electron chi connectivity index (χ1n) is 3.29. The highest BCUT2D eigenvalue weighted by Gasteiger charge is 2.17. The molecule has 0 fully saturated rings. The van der Waals surface area contributed by atoms with Gasteiger partial charge in [-0.1, -0.05) is 23.2 Å². The van der Waals surface area contributed by atoms with Gasteiger partial charge in [0.1, 0.15) is 0 Å². The third kappa shape index (κ3) is 1.81. The van der Waals surface area contributed by atoms with Gasteiger partial charge < -0.3 is 0 Å². The number of halogens is 4. The molecule has 0 saturated heterocycles. The second kappa shape index (κ2) is 3.60. The van der Waals surface area contributed by atoms with Crippen molar-refractivity contribution in [2.45, 2.75) is 6.92 Å². The molecule has 0 amide bonds. The second-order valence-electron chi connectivity index (χ2n) is 2.40. The predicted molar refractivity (Wildman–Crippen MR) is 46.4 cm³/mol. The highest BCUT2D eigenvalue weighted by molar-refractivity contribution is 6.44. The molecule has 0 aliphatic carbocycles. The molecule has 5 heteroatoms. The predicted octanol–water partition coefficient (Wildman–Crippen LogP) is 3.47. The monoisotopic (exact) mass is 224 g/mol. The van der Waals surface area contributed by atoms with Crippen molar-refractivity contribution in [3.8, 4) is 0 Å². The van der Waals surface area contributed by atoms with Gasteiger partial charge in [0.15, 0.2) is 17.4 Å². The molecule has 0 saturated carbocycles. The molecule has 1 aromatic rings. The van der Waals surface area contributed by atoms with Crippen molar-refractivity contribution < 1.29 is 13.6 Å². The van der Waals surface area contributed by atoms with Gasteiger partial charge in [0.2, 0.25) is 0 Å². The topological polar surface area (TPSA) is 17.1 Å². The Balaban J connectivity index is 3.50. The Morgan fingerprint density at radius 1 is 1.31 bits per heavy atom. The van der Waals surface area contributed by atoms with E-state index in [1.54, 1.807) is 0 Å². The Morgan fingerprint density at radius 3 is 2.31 bits per heavy atom. The van der Waals surface area contributed by atoms with Gasteiger partial charge in [-0.15, -0.1) is 0 Å². The summed E-state index contributed by atoms with van der Waals surface area (Å²) in [6, 6.07) is 0.728. The summed E-state index contributed by atoms with van der Waals surface area (Å²) < 4.78 is 25.4. The quantitative estimate of drug-likeness (QED) is 0.406. The minimum absolute atomic E-state index is 0.120. The van der Waals surface area contributed by atoms with E-state index in [-0.39, 0.29) is 10.6 Å². The van der Waals surface area contributed by atoms with Gasteiger partial charge in [-0.3, -0.25) is 4.79 Å². The normalized spacial score (nSPS) is 10.2. The third-order valence-electron chi connectivity index (χ3n) is 1.48. The molecule has 0 aliphatic heterocycles. The Kier molecular flexibility index (Phi) is 2.88. The summed E-state index contributed by atoms with van der Waals surface area (Å²) in [5.41, 5.74) is -0.120. The number of Topliss-reactive ketones (excluding diaryl/α,β-unsaturated/α-hetero) is 1. The van der Waals surface area contributed by atoms with Crippen molar-refractivity contribution in [1.82, 2.24) is 0 Å². The van der Waals surface area contributed by atoms with Crippen LogP contribution in [0, 0.1) is 11.6 Å². The summed E-state index contributed by atoms with van der Waals surface area (Å²) in [5.74, 6) is -2.89. The summed E-state index contributed by atoms with van der Waals surface area (Å²) in [6.07, 6.45) is 0. The smallest absolute Gasteiger partial charge is 0.178 e. The summed E-state index contributed by atoms with van der Waals surface area (Å²) in [5, 5.41) is -0.820. The molecule has 70 valence electrons. The van der Waals surface area contributed by atoms with E-state index in [2.05, 4.69) is 0 Å². The van der Waals surface area contributed by atoms with Gasteiger partial charge in [-0.25, -0.2) is 8.78 Å². The van der Waals surface area contributed by atoms with Gasteiger partial charge in [0.25, 0.3) is 0 Å². The van der Waals surface area contributed by atoms with Crippen molar-refractivity contribution in [2.24, 2.45) is 0 Å². The number of rotatable bonds is 1. The second-order valence-corrected chi connectivity index (χ2v) is 3.16.